The molecular formula is C13H17N3. The molecule has 0 aliphatic carbocycles. The molecule has 3 heteroatoms. The third kappa shape index (κ3) is 2.36. The Balaban J connectivity index is 2.30. The minimum Gasteiger partial charge on any atom is -0.314 e. The summed E-state index contributed by atoms with van der Waals surface area (Å²) in [5, 5.41) is 14.1. The first kappa shape index (κ1) is 11.0. The van der Waals surface area contributed by atoms with Crippen LogP contribution in [-0.2, 0) is 6.42 Å². The SMILES string of the molecule is CCNC(C)Cc1nncc2ccccc12. The predicted molar refractivity (Wildman–Crippen MR) is 66.4 cm³/mol. The Morgan fingerprint density at radius 1 is 1.31 bits per heavy atom. The molecule has 0 fully saturated rings. The Labute approximate surface area is 95.9 Å². The van der Waals surface area contributed by atoms with Crippen LogP contribution in [0, 0.1) is 0 Å². The third-order valence-corrected chi connectivity index (χ3v) is 2.70. The molecule has 0 bridgehead atoms. The van der Waals surface area contributed by atoms with Gasteiger partial charge in [0.1, 0.15) is 0 Å². The number of hydrogen-bond acceptors (Lipinski definition) is 3. The maximum absolute atomic E-state index is 4.24. The van der Waals surface area contributed by atoms with Crippen LogP contribution < -0.4 is 5.32 Å². The second-order valence-electron chi connectivity index (χ2n) is 4.04. The van der Waals surface area contributed by atoms with Crippen LogP contribution in [-0.4, -0.2) is 22.8 Å². The van der Waals surface area contributed by atoms with Gasteiger partial charge in [0.15, 0.2) is 0 Å². The quantitative estimate of drug-likeness (QED) is 0.849. The number of hydrogen-bond donors (Lipinski definition) is 1. The van der Waals surface area contributed by atoms with Crippen molar-refractivity contribution in [1.29, 1.82) is 0 Å². The molecular weight excluding hydrogens is 198 g/mol. The first-order chi connectivity index (χ1) is 7.81. The van der Waals surface area contributed by atoms with Crippen LogP contribution in [0.25, 0.3) is 10.8 Å². The van der Waals surface area contributed by atoms with Crippen LogP contribution in [0.3, 0.4) is 0 Å². The van der Waals surface area contributed by atoms with Crippen LogP contribution in [0.15, 0.2) is 30.5 Å². The van der Waals surface area contributed by atoms with Gasteiger partial charge in [0.25, 0.3) is 0 Å². The fourth-order valence-corrected chi connectivity index (χ4v) is 1.95. The van der Waals surface area contributed by atoms with E-state index >= 15 is 0 Å². The minimum atomic E-state index is 0.435. The maximum Gasteiger partial charge on any atom is 0.0724 e. The van der Waals surface area contributed by atoms with Crippen LogP contribution in [0.1, 0.15) is 19.5 Å². The van der Waals surface area contributed by atoms with E-state index < -0.39 is 0 Å². The molecule has 0 aliphatic heterocycles. The lowest BCUT2D eigenvalue weighted by atomic mass is 10.1. The number of benzene rings is 1. The van der Waals surface area contributed by atoms with E-state index in [0.29, 0.717) is 6.04 Å². The summed E-state index contributed by atoms with van der Waals surface area (Å²) in [6.45, 7) is 5.28. The fourth-order valence-electron chi connectivity index (χ4n) is 1.95. The lowest BCUT2D eigenvalue weighted by molar-refractivity contribution is 0.558. The van der Waals surface area contributed by atoms with Crippen molar-refractivity contribution in [1.82, 2.24) is 15.5 Å². The van der Waals surface area contributed by atoms with Crippen LogP contribution in [0.4, 0.5) is 0 Å². The molecule has 0 aliphatic rings. The average Bonchev–Trinajstić information content (AvgIpc) is 2.30. The highest BCUT2D eigenvalue weighted by Crippen LogP contribution is 2.16. The van der Waals surface area contributed by atoms with E-state index in [2.05, 4.69) is 41.5 Å². The summed E-state index contributed by atoms with van der Waals surface area (Å²) < 4.78 is 0. The van der Waals surface area contributed by atoms with Crippen molar-refractivity contribution in [2.75, 3.05) is 6.54 Å². The highest BCUT2D eigenvalue weighted by atomic mass is 15.1. The van der Waals surface area contributed by atoms with E-state index in [-0.39, 0.29) is 0 Å². The lowest BCUT2D eigenvalue weighted by Gasteiger charge is -2.12. The normalized spacial score (nSPS) is 12.9. The standard InChI is InChI=1S/C13H17N3/c1-3-14-10(2)8-13-12-7-5-4-6-11(12)9-15-16-13/h4-7,9-10,14H,3,8H2,1-2H3. The van der Waals surface area contributed by atoms with Gasteiger partial charge < -0.3 is 5.32 Å². The molecule has 0 saturated carbocycles. The lowest BCUT2D eigenvalue weighted by Crippen LogP contribution is -2.28. The van der Waals surface area contributed by atoms with Gasteiger partial charge in [-0.15, -0.1) is 0 Å². The van der Waals surface area contributed by atoms with E-state index in [4.69, 9.17) is 0 Å². The number of fused-ring (bicyclic) bond motifs is 1. The van der Waals surface area contributed by atoms with Crippen molar-refractivity contribution in [2.24, 2.45) is 0 Å². The van der Waals surface area contributed by atoms with Gasteiger partial charge in [0.2, 0.25) is 0 Å². The molecule has 0 spiro atoms. The zero-order valence-corrected chi connectivity index (χ0v) is 9.77. The van der Waals surface area contributed by atoms with Gasteiger partial charge in [0.05, 0.1) is 11.9 Å². The molecule has 84 valence electrons. The minimum absolute atomic E-state index is 0.435. The Morgan fingerprint density at radius 3 is 2.94 bits per heavy atom. The Kier molecular flexibility index (Phi) is 3.47. The summed E-state index contributed by atoms with van der Waals surface area (Å²) in [5.74, 6) is 0. The van der Waals surface area contributed by atoms with Gasteiger partial charge in [-0.3, -0.25) is 0 Å². The molecule has 0 radical (unpaired) electrons. The van der Waals surface area contributed by atoms with Crippen LogP contribution in [0.5, 0.6) is 0 Å². The molecule has 2 rings (SSSR count). The van der Waals surface area contributed by atoms with E-state index in [1.54, 1.807) is 0 Å². The topological polar surface area (TPSA) is 37.8 Å². The van der Waals surface area contributed by atoms with Crippen molar-refractivity contribution in [3.8, 4) is 0 Å². The van der Waals surface area contributed by atoms with Gasteiger partial charge in [-0.1, -0.05) is 31.2 Å². The van der Waals surface area contributed by atoms with Crippen molar-refractivity contribution in [3.63, 3.8) is 0 Å². The van der Waals surface area contributed by atoms with Crippen molar-refractivity contribution < 1.29 is 0 Å². The number of likely N-dealkylation sites (N-methyl/N-ethyl adjacent to an activating group) is 1. The largest absolute Gasteiger partial charge is 0.314 e. The molecule has 16 heavy (non-hydrogen) atoms. The predicted octanol–water partition coefficient (Wildman–Crippen LogP) is 2.17. The molecule has 1 aromatic carbocycles. The smallest absolute Gasteiger partial charge is 0.0724 e. The highest BCUT2D eigenvalue weighted by molar-refractivity contribution is 5.83. The molecule has 0 amide bonds. The van der Waals surface area contributed by atoms with Gasteiger partial charge in [-0.05, 0) is 13.5 Å². The molecule has 1 unspecified atom stereocenters. The molecule has 1 aromatic heterocycles. The van der Waals surface area contributed by atoms with E-state index in [1.165, 1.54) is 5.39 Å². The molecule has 1 heterocycles. The van der Waals surface area contributed by atoms with Gasteiger partial charge in [0, 0.05) is 23.2 Å². The van der Waals surface area contributed by atoms with E-state index in [0.717, 1.165) is 24.0 Å². The monoisotopic (exact) mass is 215 g/mol. The Hall–Kier alpha value is -1.48. The second kappa shape index (κ2) is 5.03. The third-order valence-electron chi connectivity index (χ3n) is 2.70. The first-order valence-corrected chi connectivity index (χ1v) is 5.74. The summed E-state index contributed by atoms with van der Waals surface area (Å²) in [6, 6.07) is 8.70. The molecule has 0 saturated heterocycles. The van der Waals surface area contributed by atoms with Gasteiger partial charge in [-0.25, -0.2) is 0 Å². The maximum atomic E-state index is 4.24. The first-order valence-electron chi connectivity index (χ1n) is 5.74. The van der Waals surface area contributed by atoms with Crippen molar-refractivity contribution in [2.45, 2.75) is 26.3 Å². The number of nitrogens with one attached hydrogen (secondary N) is 1. The zero-order chi connectivity index (χ0) is 11.4. The van der Waals surface area contributed by atoms with E-state index in [9.17, 15) is 0 Å². The summed E-state index contributed by atoms with van der Waals surface area (Å²) in [5.41, 5.74) is 1.08. The van der Waals surface area contributed by atoms with Crippen LogP contribution >= 0.6 is 0 Å². The average molecular weight is 215 g/mol. The van der Waals surface area contributed by atoms with Crippen LogP contribution in [0.2, 0.25) is 0 Å². The van der Waals surface area contributed by atoms with Crippen molar-refractivity contribution in [3.05, 3.63) is 36.2 Å². The summed E-state index contributed by atoms with van der Waals surface area (Å²) in [4.78, 5) is 0. The van der Waals surface area contributed by atoms with Gasteiger partial charge >= 0.3 is 0 Å². The number of rotatable bonds is 4. The summed E-state index contributed by atoms with van der Waals surface area (Å²) in [7, 11) is 0. The Bertz CT molecular complexity index is 462. The molecule has 2 aromatic rings. The number of aromatic nitrogens is 2. The number of nitrogens with zero attached hydrogens (tertiary/aromatic N) is 2. The van der Waals surface area contributed by atoms with Crippen molar-refractivity contribution >= 4 is 10.8 Å². The summed E-state index contributed by atoms with van der Waals surface area (Å²) in [6.07, 6.45) is 2.74. The van der Waals surface area contributed by atoms with E-state index in [1.807, 2.05) is 18.3 Å². The Morgan fingerprint density at radius 2 is 2.12 bits per heavy atom. The molecule has 3 nitrogen and oxygen atoms in total. The van der Waals surface area contributed by atoms with Gasteiger partial charge in [-0.2, -0.15) is 10.2 Å². The zero-order valence-electron chi connectivity index (χ0n) is 9.77. The summed E-state index contributed by atoms with van der Waals surface area (Å²) >= 11 is 0. The highest BCUT2D eigenvalue weighted by Gasteiger charge is 2.07. The molecule has 1 atom stereocenters. The second-order valence-corrected chi connectivity index (χ2v) is 4.04. The fraction of sp³-hybridized carbons (Fsp3) is 0.385. The molecule has 1 N–H and O–H groups in total.